The Kier molecular flexibility index (Phi) is 6.06. The highest BCUT2D eigenvalue weighted by Gasteiger charge is 2.28. The Balaban J connectivity index is 1.41. The van der Waals surface area contributed by atoms with Crippen LogP contribution in [-0.4, -0.2) is 52.5 Å². The van der Waals surface area contributed by atoms with Crippen LogP contribution in [0.2, 0.25) is 0 Å². The number of carbonyl (C=O) groups is 1. The van der Waals surface area contributed by atoms with Crippen molar-refractivity contribution in [3.63, 3.8) is 0 Å². The van der Waals surface area contributed by atoms with Crippen molar-refractivity contribution in [3.8, 4) is 17.4 Å². The van der Waals surface area contributed by atoms with Gasteiger partial charge in [-0.05, 0) is 37.5 Å². The fourth-order valence-corrected chi connectivity index (χ4v) is 4.38. The minimum absolute atomic E-state index is 0.0567. The monoisotopic (exact) mass is 445 g/mol. The van der Waals surface area contributed by atoms with E-state index in [0.717, 1.165) is 48.5 Å². The third-order valence-electron chi connectivity index (χ3n) is 6.14. The van der Waals surface area contributed by atoms with Crippen LogP contribution >= 0.6 is 0 Å². The predicted octanol–water partition coefficient (Wildman–Crippen LogP) is 3.40. The highest BCUT2D eigenvalue weighted by Crippen LogP contribution is 2.32. The normalized spacial score (nSPS) is 15.3. The van der Waals surface area contributed by atoms with E-state index in [1.165, 1.54) is 0 Å². The summed E-state index contributed by atoms with van der Waals surface area (Å²) in [5.41, 5.74) is 2.70. The van der Waals surface area contributed by atoms with Crippen LogP contribution in [-0.2, 0) is 24.2 Å². The van der Waals surface area contributed by atoms with Gasteiger partial charge < -0.3 is 19.3 Å². The molecule has 0 N–H and O–H groups in total. The minimum atomic E-state index is 0.0567. The standard InChI is InChI=1S/C25H27N5O3/c1-32-22-9-3-2-7-18(22)15-23(31)30-14-10-20-21(17-30)27-25(29-12-4-5-13-29)28-24(20)33-19-8-6-11-26-16-19/h2-3,6-9,11,16H,4-5,10,12-15,17H2,1H3. The first-order valence-corrected chi connectivity index (χ1v) is 11.3. The molecule has 0 spiro atoms. The van der Waals surface area contributed by atoms with Gasteiger partial charge in [0.15, 0.2) is 0 Å². The lowest BCUT2D eigenvalue weighted by Gasteiger charge is -2.30. The zero-order chi connectivity index (χ0) is 22.6. The lowest BCUT2D eigenvalue weighted by Crippen LogP contribution is -2.38. The third-order valence-corrected chi connectivity index (χ3v) is 6.14. The first kappa shape index (κ1) is 21.2. The van der Waals surface area contributed by atoms with E-state index in [9.17, 15) is 4.79 Å². The molecule has 8 nitrogen and oxygen atoms in total. The Labute approximate surface area is 193 Å². The number of pyridine rings is 1. The van der Waals surface area contributed by atoms with Gasteiger partial charge in [-0.15, -0.1) is 0 Å². The minimum Gasteiger partial charge on any atom is -0.496 e. The molecule has 2 aliphatic rings. The van der Waals surface area contributed by atoms with Gasteiger partial charge in [-0.3, -0.25) is 9.78 Å². The van der Waals surface area contributed by atoms with Gasteiger partial charge in [0, 0.05) is 37.0 Å². The summed E-state index contributed by atoms with van der Waals surface area (Å²) in [6.07, 6.45) is 6.58. The van der Waals surface area contributed by atoms with Crippen molar-refractivity contribution in [2.45, 2.75) is 32.2 Å². The number of amides is 1. The molecule has 0 atom stereocenters. The molecule has 3 aromatic rings. The number of benzene rings is 1. The maximum atomic E-state index is 13.1. The molecular weight excluding hydrogens is 418 g/mol. The largest absolute Gasteiger partial charge is 0.496 e. The molecule has 5 rings (SSSR count). The Bertz CT molecular complexity index is 1130. The Hall–Kier alpha value is -3.68. The molecule has 2 aliphatic heterocycles. The van der Waals surface area contributed by atoms with E-state index in [1.54, 1.807) is 19.5 Å². The van der Waals surface area contributed by atoms with Crippen molar-refractivity contribution < 1.29 is 14.3 Å². The second kappa shape index (κ2) is 9.44. The summed E-state index contributed by atoms with van der Waals surface area (Å²) in [6, 6.07) is 11.3. The molecular formula is C25H27N5O3. The first-order valence-electron chi connectivity index (χ1n) is 11.3. The van der Waals surface area contributed by atoms with Crippen LogP contribution in [0.15, 0.2) is 48.8 Å². The molecule has 4 heterocycles. The molecule has 1 fully saturated rings. The number of fused-ring (bicyclic) bond motifs is 1. The summed E-state index contributed by atoms with van der Waals surface area (Å²) in [5.74, 6) is 2.66. The molecule has 170 valence electrons. The van der Waals surface area contributed by atoms with Gasteiger partial charge in [0.25, 0.3) is 0 Å². The molecule has 2 aromatic heterocycles. The highest BCUT2D eigenvalue weighted by atomic mass is 16.5. The Morgan fingerprint density at radius 2 is 1.91 bits per heavy atom. The Morgan fingerprint density at radius 1 is 1.06 bits per heavy atom. The second-order valence-electron chi connectivity index (χ2n) is 8.29. The fourth-order valence-electron chi connectivity index (χ4n) is 4.38. The van der Waals surface area contributed by atoms with E-state index >= 15 is 0 Å². The molecule has 0 saturated carbocycles. The number of rotatable bonds is 6. The van der Waals surface area contributed by atoms with Crippen molar-refractivity contribution in [3.05, 3.63) is 65.6 Å². The van der Waals surface area contributed by atoms with Crippen LogP contribution in [0.3, 0.4) is 0 Å². The molecule has 0 aliphatic carbocycles. The van der Waals surface area contributed by atoms with Crippen molar-refractivity contribution in [1.29, 1.82) is 0 Å². The summed E-state index contributed by atoms with van der Waals surface area (Å²) in [4.78, 5) is 31.0. The summed E-state index contributed by atoms with van der Waals surface area (Å²) in [5, 5.41) is 0. The SMILES string of the molecule is COc1ccccc1CC(=O)N1CCc2c(nc(N3CCCC3)nc2Oc2cccnc2)C1. The fraction of sp³-hybridized carbons (Fsp3) is 0.360. The molecule has 1 saturated heterocycles. The Morgan fingerprint density at radius 3 is 2.70 bits per heavy atom. The molecule has 33 heavy (non-hydrogen) atoms. The van der Waals surface area contributed by atoms with Crippen LogP contribution in [0.1, 0.15) is 29.7 Å². The van der Waals surface area contributed by atoms with Gasteiger partial charge in [0.2, 0.25) is 17.7 Å². The van der Waals surface area contributed by atoms with Crippen LogP contribution in [0.25, 0.3) is 0 Å². The number of aromatic nitrogens is 3. The topological polar surface area (TPSA) is 80.7 Å². The summed E-state index contributed by atoms with van der Waals surface area (Å²) in [7, 11) is 1.63. The van der Waals surface area contributed by atoms with E-state index < -0.39 is 0 Å². The van der Waals surface area contributed by atoms with Crippen LogP contribution in [0, 0.1) is 0 Å². The van der Waals surface area contributed by atoms with Gasteiger partial charge in [-0.1, -0.05) is 18.2 Å². The van der Waals surface area contributed by atoms with Gasteiger partial charge in [0.1, 0.15) is 11.5 Å². The van der Waals surface area contributed by atoms with Gasteiger partial charge in [0.05, 0.1) is 32.0 Å². The predicted molar refractivity (Wildman–Crippen MR) is 124 cm³/mol. The van der Waals surface area contributed by atoms with Crippen LogP contribution in [0.4, 0.5) is 5.95 Å². The quantitative estimate of drug-likeness (QED) is 0.575. The smallest absolute Gasteiger partial charge is 0.228 e. The highest BCUT2D eigenvalue weighted by molar-refractivity contribution is 5.79. The number of nitrogens with zero attached hydrogens (tertiary/aromatic N) is 5. The number of anilines is 1. The zero-order valence-corrected chi connectivity index (χ0v) is 18.7. The van der Waals surface area contributed by atoms with Crippen molar-refractivity contribution in [2.24, 2.45) is 0 Å². The molecule has 0 radical (unpaired) electrons. The number of hydrogen-bond donors (Lipinski definition) is 0. The lowest BCUT2D eigenvalue weighted by atomic mass is 10.0. The van der Waals surface area contributed by atoms with Gasteiger partial charge in [-0.2, -0.15) is 4.98 Å². The van der Waals surface area contributed by atoms with E-state index in [4.69, 9.17) is 19.4 Å². The lowest BCUT2D eigenvalue weighted by molar-refractivity contribution is -0.131. The van der Waals surface area contributed by atoms with Gasteiger partial charge >= 0.3 is 0 Å². The van der Waals surface area contributed by atoms with E-state index in [0.29, 0.717) is 43.5 Å². The summed E-state index contributed by atoms with van der Waals surface area (Å²) < 4.78 is 11.6. The average Bonchev–Trinajstić information content (AvgIpc) is 3.40. The van der Waals surface area contributed by atoms with Crippen molar-refractivity contribution in [1.82, 2.24) is 19.9 Å². The zero-order valence-electron chi connectivity index (χ0n) is 18.7. The first-order chi connectivity index (χ1) is 16.2. The molecule has 1 aromatic carbocycles. The maximum absolute atomic E-state index is 13.1. The molecule has 1 amide bonds. The summed E-state index contributed by atoms with van der Waals surface area (Å²) >= 11 is 0. The van der Waals surface area contributed by atoms with Gasteiger partial charge in [-0.25, -0.2) is 4.98 Å². The number of ether oxygens (including phenoxy) is 2. The second-order valence-corrected chi connectivity index (χ2v) is 8.29. The van der Waals surface area contributed by atoms with Crippen LogP contribution < -0.4 is 14.4 Å². The third kappa shape index (κ3) is 4.60. The van der Waals surface area contributed by atoms with E-state index in [1.807, 2.05) is 41.3 Å². The number of methoxy groups -OCH3 is 1. The molecule has 0 unspecified atom stereocenters. The number of hydrogen-bond acceptors (Lipinski definition) is 7. The van der Waals surface area contributed by atoms with E-state index in [2.05, 4.69) is 9.88 Å². The average molecular weight is 446 g/mol. The molecule has 8 heteroatoms. The van der Waals surface area contributed by atoms with Crippen molar-refractivity contribution >= 4 is 11.9 Å². The van der Waals surface area contributed by atoms with Crippen molar-refractivity contribution in [2.75, 3.05) is 31.6 Å². The maximum Gasteiger partial charge on any atom is 0.228 e. The van der Waals surface area contributed by atoms with Crippen LogP contribution in [0.5, 0.6) is 17.4 Å². The summed E-state index contributed by atoms with van der Waals surface area (Å²) in [6.45, 7) is 2.90. The number of carbonyl (C=O) groups excluding carboxylic acids is 1. The van der Waals surface area contributed by atoms with E-state index in [-0.39, 0.29) is 5.91 Å². The molecule has 0 bridgehead atoms. The number of para-hydroxylation sites is 1.